The van der Waals surface area contributed by atoms with E-state index in [-0.39, 0.29) is 12.5 Å². The van der Waals surface area contributed by atoms with Crippen molar-refractivity contribution in [3.8, 4) is 5.75 Å². The zero-order chi connectivity index (χ0) is 15.7. The molecule has 0 aliphatic heterocycles. The molecule has 7 nitrogen and oxygen atoms in total. The van der Waals surface area contributed by atoms with E-state index >= 15 is 0 Å². The highest BCUT2D eigenvalue weighted by Crippen LogP contribution is 2.20. The topological polar surface area (TPSA) is 81.4 Å². The first-order valence-electron chi connectivity index (χ1n) is 6.71. The maximum absolute atomic E-state index is 12.0. The predicted molar refractivity (Wildman–Crippen MR) is 83.4 cm³/mol. The molecule has 0 bridgehead atoms. The summed E-state index contributed by atoms with van der Waals surface area (Å²) in [7, 11) is 0. The lowest BCUT2D eigenvalue weighted by Gasteiger charge is -2.09. The van der Waals surface area contributed by atoms with Crippen molar-refractivity contribution in [1.29, 1.82) is 0 Å². The molecule has 0 unspecified atom stereocenters. The molecular weight excluding hydrogens is 302 g/mol. The van der Waals surface area contributed by atoms with Crippen LogP contribution in [-0.2, 0) is 4.79 Å². The first kappa shape index (κ1) is 14.5. The average Bonchev–Trinajstić information content (AvgIpc) is 3.02. The zero-order valence-corrected chi connectivity index (χ0v) is 13.3. The van der Waals surface area contributed by atoms with Crippen molar-refractivity contribution in [3.05, 3.63) is 35.2 Å². The number of ether oxygens (including phenoxy) is 1. The molecule has 0 saturated heterocycles. The van der Waals surface area contributed by atoms with Crippen LogP contribution in [0.15, 0.2) is 18.2 Å². The summed E-state index contributed by atoms with van der Waals surface area (Å²) in [5.41, 5.74) is 2.08. The molecule has 0 radical (unpaired) electrons. The summed E-state index contributed by atoms with van der Waals surface area (Å²) in [5.74, 6) is 1.13. The Hall–Kier alpha value is -2.48. The number of anilines is 1. The normalized spacial score (nSPS) is 10.9. The molecule has 0 aliphatic carbocycles. The van der Waals surface area contributed by atoms with Crippen molar-refractivity contribution in [1.82, 2.24) is 19.8 Å². The standard InChI is InChI=1S/C14H15N5O2S/c1-8-4-5-9(2)11(6-8)21-7-12(20)15-13-18-19-10(3)16-17-14(19)22-13/h4-6H,7H2,1-3H3,(H,15,18,20). The average molecular weight is 317 g/mol. The van der Waals surface area contributed by atoms with Gasteiger partial charge in [-0.3, -0.25) is 10.1 Å². The van der Waals surface area contributed by atoms with Gasteiger partial charge in [0.1, 0.15) is 5.75 Å². The number of carbonyl (C=O) groups is 1. The summed E-state index contributed by atoms with van der Waals surface area (Å²) in [6.45, 7) is 5.66. The molecule has 2 heterocycles. The first-order valence-corrected chi connectivity index (χ1v) is 7.53. The lowest BCUT2D eigenvalue weighted by Crippen LogP contribution is -2.20. The number of rotatable bonds is 4. The minimum Gasteiger partial charge on any atom is -0.483 e. The number of aryl methyl sites for hydroxylation is 3. The minimum absolute atomic E-state index is 0.0661. The Morgan fingerprint density at radius 3 is 2.91 bits per heavy atom. The van der Waals surface area contributed by atoms with Crippen molar-refractivity contribution in [3.63, 3.8) is 0 Å². The number of fused-ring (bicyclic) bond motifs is 1. The molecule has 1 amide bonds. The molecule has 1 aromatic carbocycles. The molecule has 3 rings (SSSR count). The number of hydrogen-bond donors (Lipinski definition) is 1. The summed E-state index contributed by atoms with van der Waals surface area (Å²) in [4.78, 5) is 12.6. The monoisotopic (exact) mass is 317 g/mol. The quantitative estimate of drug-likeness (QED) is 0.797. The number of aromatic nitrogens is 4. The minimum atomic E-state index is -0.261. The number of amides is 1. The fraction of sp³-hybridized carbons (Fsp3) is 0.286. The van der Waals surface area contributed by atoms with Crippen LogP contribution in [0.2, 0.25) is 0 Å². The molecule has 2 aromatic heterocycles. The fourth-order valence-electron chi connectivity index (χ4n) is 1.93. The van der Waals surface area contributed by atoms with E-state index < -0.39 is 0 Å². The molecule has 114 valence electrons. The third kappa shape index (κ3) is 2.91. The summed E-state index contributed by atoms with van der Waals surface area (Å²) in [6.07, 6.45) is 0. The SMILES string of the molecule is Cc1ccc(C)c(OCC(=O)Nc2nn3c(C)nnc3s2)c1. The van der Waals surface area contributed by atoms with Crippen molar-refractivity contribution < 1.29 is 9.53 Å². The highest BCUT2D eigenvalue weighted by molar-refractivity contribution is 7.20. The summed E-state index contributed by atoms with van der Waals surface area (Å²) in [6, 6.07) is 5.88. The Morgan fingerprint density at radius 2 is 2.14 bits per heavy atom. The van der Waals surface area contributed by atoms with Crippen molar-refractivity contribution in [2.45, 2.75) is 20.8 Å². The van der Waals surface area contributed by atoms with Gasteiger partial charge in [-0.1, -0.05) is 23.5 Å². The molecule has 8 heteroatoms. The number of carbonyl (C=O) groups excluding carboxylic acids is 1. The number of benzene rings is 1. The van der Waals surface area contributed by atoms with Crippen LogP contribution in [0, 0.1) is 20.8 Å². The number of hydrogen-bond acceptors (Lipinski definition) is 6. The third-order valence-electron chi connectivity index (χ3n) is 3.10. The summed E-state index contributed by atoms with van der Waals surface area (Å²) >= 11 is 1.26. The summed E-state index contributed by atoms with van der Waals surface area (Å²) in [5, 5.41) is 15.2. The number of nitrogens with one attached hydrogen (secondary N) is 1. The fourth-order valence-corrected chi connectivity index (χ4v) is 2.73. The van der Waals surface area contributed by atoms with Gasteiger partial charge in [0.25, 0.3) is 5.91 Å². The molecular formula is C14H15N5O2S. The Kier molecular flexibility index (Phi) is 3.76. The van der Waals surface area contributed by atoms with Crippen molar-refractivity contribution in [2.24, 2.45) is 0 Å². The van der Waals surface area contributed by atoms with E-state index in [1.807, 2.05) is 32.0 Å². The van der Waals surface area contributed by atoms with Gasteiger partial charge < -0.3 is 4.74 Å². The van der Waals surface area contributed by atoms with E-state index in [0.29, 0.717) is 21.7 Å². The van der Waals surface area contributed by atoms with Gasteiger partial charge in [-0.25, -0.2) is 0 Å². The molecule has 0 atom stereocenters. The van der Waals surface area contributed by atoms with Crippen molar-refractivity contribution >= 4 is 27.3 Å². The van der Waals surface area contributed by atoms with Crippen LogP contribution in [0.25, 0.3) is 4.96 Å². The molecule has 3 aromatic rings. The Labute approximate surface area is 130 Å². The van der Waals surface area contributed by atoms with Crippen LogP contribution in [0.1, 0.15) is 17.0 Å². The van der Waals surface area contributed by atoms with E-state index in [0.717, 1.165) is 11.1 Å². The van der Waals surface area contributed by atoms with Gasteiger partial charge in [0.15, 0.2) is 12.4 Å². The van der Waals surface area contributed by atoms with Crippen LogP contribution >= 0.6 is 11.3 Å². The van der Waals surface area contributed by atoms with Gasteiger partial charge in [0, 0.05) is 0 Å². The highest BCUT2D eigenvalue weighted by atomic mass is 32.1. The van der Waals surface area contributed by atoms with Crippen LogP contribution < -0.4 is 10.1 Å². The van der Waals surface area contributed by atoms with E-state index in [4.69, 9.17) is 4.74 Å². The number of nitrogens with zero attached hydrogens (tertiary/aromatic N) is 4. The zero-order valence-electron chi connectivity index (χ0n) is 12.5. The largest absolute Gasteiger partial charge is 0.483 e. The van der Waals surface area contributed by atoms with Gasteiger partial charge in [0.05, 0.1) is 0 Å². The van der Waals surface area contributed by atoms with Gasteiger partial charge in [-0.05, 0) is 38.0 Å². The van der Waals surface area contributed by atoms with E-state index in [1.165, 1.54) is 11.3 Å². The lowest BCUT2D eigenvalue weighted by atomic mass is 10.1. The predicted octanol–water partition coefficient (Wildman–Crippen LogP) is 2.13. The highest BCUT2D eigenvalue weighted by Gasteiger charge is 2.12. The molecule has 22 heavy (non-hydrogen) atoms. The van der Waals surface area contributed by atoms with Crippen LogP contribution in [0.3, 0.4) is 0 Å². The second kappa shape index (κ2) is 5.72. The maximum Gasteiger partial charge on any atom is 0.264 e. The lowest BCUT2D eigenvalue weighted by molar-refractivity contribution is -0.118. The molecule has 0 saturated carbocycles. The maximum atomic E-state index is 12.0. The van der Waals surface area contributed by atoms with E-state index in [2.05, 4.69) is 20.6 Å². The molecule has 0 aliphatic rings. The molecule has 1 N–H and O–H groups in total. The van der Waals surface area contributed by atoms with Gasteiger partial charge in [-0.15, -0.1) is 15.3 Å². The smallest absolute Gasteiger partial charge is 0.264 e. The second-order valence-electron chi connectivity index (χ2n) is 4.95. The van der Waals surface area contributed by atoms with Crippen molar-refractivity contribution in [2.75, 3.05) is 11.9 Å². The Balaban J connectivity index is 1.63. The summed E-state index contributed by atoms with van der Waals surface area (Å²) < 4.78 is 7.15. The van der Waals surface area contributed by atoms with E-state index in [9.17, 15) is 4.79 Å². The van der Waals surface area contributed by atoms with Gasteiger partial charge in [0.2, 0.25) is 10.1 Å². The van der Waals surface area contributed by atoms with Crippen LogP contribution in [0.4, 0.5) is 5.13 Å². The third-order valence-corrected chi connectivity index (χ3v) is 3.91. The van der Waals surface area contributed by atoms with Gasteiger partial charge >= 0.3 is 0 Å². The van der Waals surface area contributed by atoms with Gasteiger partial charge in [-0.2, -0.15) is 4.52 Å². The molecule has 0 spiro atoms. The van der Waals surface area contributed by atoms with Crippen LogP contribution in [0.5, 0.6) is 5.75 Å². The van der Waals surface area contributed by atoms with Crippen LogP contribution in [-0.4, -0.2) is 32.3 Å². The first-order chi connectivity index (χ1) is 10.5. The molecule has 0 fully saturated rings. The Morgan fingerprint density at radius 1 is 1.32 bits per heavy atom. The Bertz CT molecular complexity index is 839. The second-order valence-corrected chi connectivity index (χ2v) is 5.91. The van der Waals surface area contributed by atoms with E-state index in [1.54, 1.807) is 11.4 Å².